The molecule has 0 saturated heterocycles. The molecule has 0 heterocycles. The largest absolute Gasteiger partial charge is 0.756 e. The number of phosphoric acid groups is 1. The third-order valence-electron chi connectivity index (χ3n) is 11.4. The van der Waals surface area contributed by atoms with Crippen LogP contribution in [-0.2, 0) is 18.4 Å². The van der Waals surface area contributed by atoms with E-state index in [-0.39, 0.29) is 25.5 Å². The molecule has 0 spiro atoms. The summed E-state index contributed by atoms with van der Waals surface area (Å²) in [5, 5.41) is 13.9. The number of phosphoric ester groups is 1. The summed E-state index contributed by atoms with van der Waals surface area (Å²) in [5.41, 5.74) is 0. The number of rotatable bonds is 47. The zero-order valence-electron chi connectivity index (χ0n) is 42.7. The van der Waals surface area contributed by atoms with Crippen molar-refractivity contribution in [1.82, 2.24) is 5.32 Å². The first-order chi connectivity index (χ1) is 31.5. The molecule has 0 radical (unpaired) electrons. The van der Waals surface area contributed by atoms with Crippen LogP contribution in [0.3, 0.4) is 0 Å². The highest BCUT2D eigenvalue weighted by atomic mass is 31.2. The molecule has 8 nitrogen and oxygen atoms in total. The lowest BCUT2D eigenvalue weighted by Gasteiger charge is -2.30. The van der Waals surface area contributed by atoms with Crippen LogP contribution in [0.15, 0.2) is 85.1 Å². The van der Waals surface area contributed by atoms with E-state index < -0.39 is 20.0 Å². The topological polar surface area (TPSA) is 108 Å². The summed E-state index contributed by atoms with van der Waals surface area (Å²) in [5.74, 6) is -0.224. The normalized spacial score (nSPS) is 14.8. The van der Waals surface area contributed by atoms with Crippen LogP contribution in [0.25, 0.3) is 0 Å². The Morgan fingerprint density at radius 1 is 0.554 bits per heavy atom. The average Bonchev–Trinajstić information content (AvgIpc) is 3.26. The van der Waals surface area contributed by atoms with E-state index in [9.17, 15) is 19.4 Å². The Morgan fingerprint density at radius 2 is 0.923 bits per heavy atom. The predicted molar refractivity (Wildman–Crippen MR) is 279 cm³/mol. The Kier molecular flexibility index (Phi) is 45.1. The lowest BCUT2D eigenvalue weighted by Crippen LogP contribution is -2.46. The fourth-order valence-corrected chi connectivity index (χ4v) is 7.99. The summed E-state index contributed by atoms with van der Waals surface area (Å²) in [6.45, 7) is 4.57. The van der Waals surface area contributed by atoms with Gasteiger partial charge in [-0.15, -0.1) is 0 Å². The maximum Gasteiger partial charge on any atom is 0.268 e. The van der Waals surface area contributed by atoms with E-state index in [0.717, 1.165) is 70.6 Å². The Bertz CT molecular complexity index is 1330. The van der Waals surface area contributed by atoms with Gasteiger partial charge < -0.3 is 28.8 Å². The smallest absolute Gasteiger partial charge is 0.268 e. The number of nitrogens with zero attached hydrogens (tertiary/aromatic N) is 1. The second-order valence-corrected chi connectivity index (χ2v) is 20.3. The van der Waals surface area contributed by atoms with Crippen LogP contribution in [0, 0.1) is 0 Å². The van der Waals surface area contributed by atoms with Crippen molar-refractivity contribution in [2.75, 3.05) is 40.9 Å². The highest BCUT2D eigenvalue weighted by Gasteiger charge is 2.24. The van der Waals surface area contributed by atoms with Crippen molar-refractivity contribution in [2.45, 2.75) is 225 Å². The van der Waals surface area contributed by atoms with Gasteiger partial charge in [-0.2, -0.15) is 0 Å². The van der Waals surface area contributed by atoms with Crippen LogP contribution in [0.2, 0.25) is 0 Å². The quantitative estimate of drug-likeness (QED) is 0.0272. The van der Waals surface area contributed by atoms with Gasteiger partial charge in [0.1, 0.15) is 13.2 Å². The van der Waals surface area contributed by atoms with Crippen LogP contribution in [0.5, 0.6) is 0 Å². The molecule has 0 saturated carbocycles. The first-order valence-corrected chi connectivity index (χ1v) is 27.9. The van der Waals surface area contributed by atoms with E-state index in [1.807, 2.05) is 21.1 Å². The molecule has 376 valence electrons. The summed E-state index contributed by atoms with van der Waals surface area (Å²) in [6, 6.07) is -0.837. The van der Waals surface area contributed by atoms with Gasteiger partial charge in [0.2, 0.25) is 5.91 Å². The summed E-state index contributed by atoms with van der Waals surface area (Å²) >= 11 is 0. The standard InChI is InChI=1S/C56H101N2O6P/c1-6-8-10-12-14-16-18-20-22-24-26-28-29-30-32-34-36-38-40-42-44-46-48-50-56(60)57-54(53-64-65(61,62)63-52-51-58(3,4)5)55(59)49-47-45-43-41-39-37-35-33-31-27-25-23-21-19-17-15-13-11-9-7-2/h8,10,14,16,20,22,26,28,30,32,36,38,42,44,54-55,59H,6-7,9,11-13,15,17-19,21,23-25,27,29,31,33-35,37,39-41,43,45-53H2,1-5H3,(H-,57,60,61,62)/b10-8-,16-14-,22-20-,28-26-,32-30-,38-36-,44-42-. The summed E-state index contributed by atoms with van der Waals surface area (Å²) in [4.78, 5) is 25.5. The molecule has 3 unspecified atom stereocenters. The van der Waals surface area contributed by atoms with Crippen LogP contribution >= 0.6 is 7.82 Å². The van der Waals surface area contributed by atoms with Gasteiger partial charge in [0, 0.05) is 6.42 Å². The van der Waals surface area contributed by atoms with Crippen molar-refractivity contribution in [3.05, 3.63) is 85.1 Å². The minimum atomic E-state index is -4.59. The number of carbonyl (C=O) groups is 1. The second-order valence-electron chi connectivity index (χ2n) is 18.9. The van der Waals surface area contributed by atoms with Crippen molar-refractivity contribution in [1.29, 1.82) is 0 Å². The highest BCUT2D eigenvalue weighted by Crippen LogP contribution is 2.38. The number of hydrogen-bond donors (Lipinski definition) is 2. The van der Waals surface area contributed by atoms with E-state index in [1.165, 1.54) is 109 Å². The molecule has 0 aliphatic rings. The first-order valence-electron chi connectivity index (χ1n) is 26.4. The average molecular weight is 929 g/mol. The molecule has 0 aromatic rings. The predicted octanol–water partition coefficient (Wildman–Crippen LogP) is 15.1. The van der Waals surface area contributed by atoms with E-state index in [1.54, 1.807) is 0 Å². The number of carbonyl (C=O) groups excluding carboxylic acids is 1. The van der Waals surface area contributed by atoms with Gasteiger partial charge in [0.25, 0.3) is 7.82 Å². The van der Waals surface area contributed by atoms with E-state index >= 15 is 0 Å². The van der Waals surface area contributed by atoms with Crippen LogP contribution in [0.4, 0.5) is 0 Å². The molecule has 0 rings (SSSR count). The van der Waals surface area contributed by atoms with E-state index in [2.05, 4.69) is 104 Å². The van der Waals surface area contributed by atoms with Gasteiger partial charge in [0.15, 0.2) is 0 Å². The van der Waals surface area contributed by atoms with Crippen molar-refractivity contribution >= 4 is 13.7 Å². The number of nitrogens with one attached hydrogen (secondary N) is 1. The fourth-order valence-electron chi connectivity index (χ4n) is 7.26. The Hall–Kier alpha value is -2.32. The van der Waals surface area contributed by atoms with Gasteiger partial charge in [-0.1, -0.05) is 227 Å². The number of allylic oxidation sites excluding steroid dienone is 14. The maximum absolute atomic E-state index is 12.9. The molecule has 65 heavy (non-hydrogen) atoms. The molecule has 2 N–H and O–H groups in total. The summed E-state index contributed by atoms with van der Waals surface area (Å²) < 4.78 is 23.3. The van der Waals surface area contributed by atoms with Crippen LogP contribution in [0.1, 0.15) is 213 Å². The zero-order valence-corrected chi connectivity index (χ0v) is 43.6. The molecule has 0 aliphatic carbocycles. The number of unbranched alkanes of at least 4 members (excludes halogenated alkanes) is 20. The molecule has 0 aromatic heterocycles. The SMILES string of the molecule is CC/C=C\C/C=C\C/C=C\C/C=C\C/C=C\C/C=C\C/C=C\CCCC(=O)NC(COP(=O)([O-])OCC[N+](C)(C)C)C(O)CCCCCCCCCCCCCCCCCCCCCC. The lowest BCUT2D eigenvalue weighted by molar-refractivity contribution is -0.870. The maximum atomic E-state index is 12.9. The molecule has 9 heteroatoms. The number of amides is 1. The number of hydrogen-bond acceptors (Lipinski definition) is 6. The Balaban J connectivity index is 4.38. The summed E-state index contributed by atoms with van der Waals surface area (Å²) in [7, 11) is 1.26. The number of aliphatic hydroxyl groups is 1. The highest BCUT2D eigenvalue weighted by molar-refractivity contribution is 7.45. The molecular formula is C56H101N2O6P. The second kappa shape index (κ2) is 46.8. The molecule has 0 aliphatic heterocycles. The monoisotopic (exact) mass is 929 g/mol. The molecule has 0 bridgehead atoms. The van der Waals surface area contributed by atoms with Gasteiger partial charge >= 0.3 is 0 Å². The van der Waals surface area contributed by atoms with E-state index in [4.69, 9.17) is 9.05 Å². The molecule has 0 fully saturated rings. The number of quaternary nitrogens is 1. The fraction of sp³-hybridized carbons (Fsp3) is 0.732. The lowest BCUT2D eigenvalue weighted by atomic mass is 10.0. The molecule has 3 atom stereocenters. The number of aliphatic hydroxyl groups excluding tert-OH is 1. The van der Waals surface area contributed by atoms with Crippen molar-refractivity contribution < 1.29 is 32.9 Å². The minimum Gasteiger partial charge on any atom is -0.756 e. The number of likely N-dealkylation sites (N-methyl/N-ethyl adjacent to an activating group) is 1. The van der Waals surface area contributed by atoms with E-state index in [0.29, 0.717) is 23.9 Å². The van der Waals surface area contributed by atoms with Crippen LogP contribution < -0.4 is 10.2 Å². The van der Waals surface area contributed by atoms with Crippen LogP contribution in [-0.4, -0.2) is 68.5 Å². The van der Waals surface area contributed by atoms with Gasteiger partial charge in [-0.05, 0) is 64.2 Å². The van der Waals surface area contributed by atoms with Crippen molar-refractivity contribution in [2.24, 2.45) is 0 Å². The van der Waals surface area contributed by atoms with Gasteiger partial charge in [-0.25, -0.2) is 0 Å². The third kappa shape index (κ3) is 49.4. The van der Waals surface area contributed by atoms with Gasteiger partial charge in [-0.3, -0.25) is 9.36 Å². The third-order valence-corrected chi connectivity index (χ3v) is 12.4. The minimum absolute atomic E-state index is 0.00311. The molecular weight excluding hydrogens is 828 g/mol. The van der Waals surface area contributed by atoms with Crippen molar-refractivity contribution in [3.8, 4) is 0 Å². The zero-order chi connectivity index (χ0) is 47.8. The van der Waals surface area contributed by atoms with Crippen molar-refractivity contribution in [3.63, 3.8) is 0 Å². The summed E-state index contributed by atoms with van der Waals surface area (Å²) in [6.07, 6.45) is 64.6. The molecule has 1 amide bonds. The molecule has 0 aromatic carbocycles. The Labute approximate surface area is 401 Å². The van der Waals surface area contributed by atoms with Gasteiger partial charge in [0.05, 0.1) is 39.9 Å². The first kappa shape index (κ1) is 62.7. The Morgan fingerprint density at radius 3 is 1.31 bits per heavy atom.